The Morgan fingerprint density at radius 2 is 2.06 bits per heavy atom. The molecule has 17 heavy (non-hydrogen) atoms. The molecule has 98 valence electrons. The molecule has 1 atom stereocenters. The van der Waals surface area contributed by atoms with Crippen molar-refractivity contribution < 1.29 is 9.53 Å². The van der Waals surface area contributed by atoms with Crippen molar-refractivity contribution in [1.29, 1.82) is 0 Å². The van der Waals surface area contributed by atoms with Gasteiger partial charge in [0.1, 0.15) is 0 Å². The molecule has 3 heteroatoms. The molecular formula is C14H25NO2. The number of likely N-dealkylation sites (tertiary alicyclic amines) is 1. The number of hydrogen-bond donors (Lipinski definition) is 0. The van der Waals surface area contributed by atoms with Crippen molar-refractivity contribution >= 4 is 5.91 Å². The minimum Gasteiger partial charge on any atom is -0.381 e. The van der Waals surface area contributed by atoms with Crippen molar-refractivity contribution in [2.75, 3.05) is 26.3 Å². The number of hydrogen-bond acceptors (Lipinski definition) is 2. The minimum absolute atomic E-state index is 0.378. The van der Waals surface area contributed by atoms with E-state index in [1.165, 1.54) is 12.8 Å². The highest BCUT2D eigenvalue weighted by Gasteiger charge is 2.22. The van der Waals surface area contributed by atoms with Crippen LogP contribution in [0.25, 0.3) is 0 Å². The highest BCUT2D eigenvalue weighted by atomic mass is 16.5. The van der Waals surface area contributed by atoms with Gasteiger partial charge in [0.2, 0.25) is 5.91 Å². The summed E-state index contributed by atoms with van der Waals surface area (Å²) in [6.45, 7) is 5.99. The number of rotatable bonds is 3. The summed E-state index contributed by atoms with van der Waals surface area (Å²) in [5.41, 5.74) is 0. The largest absolute Gasteiger partial charge is 0.381 e. The van der Waals surface area contributed by atoms with Gasteiger partial charge in [-0.25, -0.2) is 0 Å². The van der Waals surface area contributed by atoms with Crippen LogP contribution in [-0.4, -0.2) is 37.1 Å². The van der Waals surface area contributed by atoms with Gasteiger partial charge in [-0.15, -0.1) is 0 Å². The van der Waals surface area contributed by atoms with E-state index in [0.29, 0.717) is 11.8 Å². The Balaban J connectivity index is 1.69. The fraction of sp³-hybridized carbons (Fsp3) is 0.929. The van der Waals surface area contributed by atoms with E-state index in [0.717, 1.165) is 57.9 Å². The summed E-state index contributed by atoms with van der Waals surface area (Å²) in [7, 11) is 0. The Kier molecular flexibility index (Phi) is 4.84. The lowest BCUT2D eigenvalue weighted by Gasteiger charge is -2.31. The molecule has 1 unspecified atom stereocenters. The molecule has 0 aromatic heterocycles. The molecule has 2 rings (SSSR count). The molecule has 3 nitrogen and oxygen atoms in total. The molecule has 2 aliphatic rings. The van der Waals surface area contributed by atoms with Crippen molar-refractivity contribution in [2.24, 2.45) is 11.8 Å². The zero-order valence-corrected chi connectivity index (χ0v) is 11.0. The SMILES string of the molecule is CC1CCCN(C(=O)CCC2CCOCC2)C1. The molecule has 0 spiro atoms. The van der Waals surface area contributed by atoms with Crippen LogP contribution in [0.4, 0.5) is 0 Å². The van der Waals surface area contributed by atoms with Gasteiger partial charge < -0.3 is 9.64 Å². The predicted octanol–water partition coefficient (Wildman–Crippen LogP) is 2.45. The maximum Gasteiger partial charge on any atom is 0.222 e. The van der Waals surface area contributed by atoms with Gasteiger partial charge in [0.05, 0.1) is 0 Å². The summed E-state index contributed by atoms with van der Waals surface area (Å²) >= 11 is 0. The third-order valence-corrected chi connectivity index (χ3v) is 4.12. The minimum atomic E-state index is 0.378. The fourth-order valence-corrected chi connectivity index (χ4v) is 2.94. The number of carbonyl (C=O) groups excluding carboxylic acids is 1. The van der Waals surface area contributed by atoms with Crippen LogP contribution in [0.1, 0.15) is 45.4 Å². The first kappa shape index (κ1) is 12.9. The smallest absolute Gasteiger partial charge is 0.222 e. The van der Waals surface area contributed by atoms with Crippen LogP contribution in [0.2, 0.25) is 0 Å². The maximum absolute atomic E-state index is 12.1. The number of piperidine rings is 1. The maximum atomic E-state index is 12.1. The zero-order valence-electron chi connectivity index (χ0n) is 11.0. The van der Waals surface area contributed by atoms with Crippen LogP contribution in [0.15, 0.2) is 0 Å². The Bertz CT molecular complexity index is 249. The molecule has 0 aliphatic carbocycles. The first-order valence-corrected chi connectivity index (χ1v) is 7.11. The average molecular weight is 239 g/mol. The summed E-state index contributed by atoms with van der Waals surface area (Å²) in [4.78, 5) is 14.2. The molecule has 0 N–H and O–H groups in total. The quantitative estimate of drug-likeness (QED) is 0.757. The highest BCUT2D eigenvalue weighted by Crippen LogP contribution is 2.22. The summed E-state index contributed by atoms with van der Waals surface area (Å²) in [6, 6.07) is 0. The topological polar surface area (TPSA) is 29.5 Å². The van der Waals surface area contributed by atoms with Gasteiger partial charge >= 0.3 is 0 Å². The van der Waals surface area contributed by atoms with E-state index >= 15 is 0 Å². The van der Waals surface area contributed by atoms with Crippen LogP contribution < -0.4 is 0 Å². The Morgan fingerprint density at radius 1 is 1.29 bits per heavy atom. The van der Waals surface area contributed by atoms with Gasteiger partial charge in [-0.3, -0.25) is 4.79 Å². The third-order valence-electron chi connectivity index (χ3n) is 4.12. The van der Waals surface area contributed by atoms with Crippen molar-refractivity contribution in [1.82, 2.24) is 4.90 Å². The van der Waals surface area contributed by atoms with Gasteiger partial charge in [0.25, 0.3) is 0 Å². The van der Waals surface area contributed by atoms with E-state index in [1.54, 1.807) is 0 Å². The molecular weight excluding hydrogens is 214 g/mol. The van der Waals surface area contributed by atoms with Crippen molar-refractivity contribution in [3.05, 3.63) is 0 Å². The number of ether oxygens (including phenoxy) is 1. The second-order valence-electron chi connectivity index (χ2n) is 5.68. The molecule has 2 aliphatic heterocycles. The van der Waals surface area contributed by atoms with Gasteiger partial charge in [-0.05, 0) is 43.9 Å². The van der Waals surface area contributed by atoms with E-state index in [1.807, 2.05) is 0 Å². The lowest BCUT2D eigenvalue weighted by molar-refractivity contribution is -0.133. The molecule has 0 saturated carbocycles. The molecule has 0 aromatic rings. The van der Waals surface area contributed by atoms with E-state index < -0.39 is 0 Å². The Hall–Kier alpha value is -0.570. The van der Waals surface area contributed by atoms with Gasteiger partial charge in [-0.2, -0.15) is 0 Å². The van der Waals surface area contributed by atoms with Crippen LogP contribution in [0, 0.1) is 11.8 Å². The number of carbonyl (C=O) groups is 1. The number of nitrogens with zero attached hydrogens (tertiary/aromatic N) is 1. The zero-order chi connectivity index (χ0) is 12.1. The highest BCUT2D eigenvalue weighted by molar-refractivity contribution is 5.76. The van der Waals surface area contributed by atoms with Gasteiger partial charge in [0, 0.05) is 32.7 Å². The lowest BCUT2D eigenvalue weighted by atomic mass is 9.94. The summed E-state index contributed by atoms with van der Waals surface area (Å²) in [5, 5.41) is 0. The predicted molar refractivity (Wildman–Crippen MR) is 67.8 cm³/mol. The number of amides is 1. The lowest BCUT2D eigenvalue weighted by Crippen LogP contribution is -2.39. The van der Waals surface area contributed by atoms with E-state index in [4.69, 9.17) is 4.74 Å². The second kappa shape index (κ2) is 6.39. The second-order valence-corrected chi connectivity index (χ2v) is 5.68. The van der Waals surface area contributed by atoms with E-state index in [9.17, 15) is 4.79 Å². The first-order chi connectivity index (χ1) is 8.25. The molecule has 2 saturated heterocycles. The molecule has 0 bridgehead atoms. The van der Waals surface area contributed by atoms with Crippen molar-refractivity contribution in [2.45, 2.75) is 45.4 Å². The van der Waals surface area contributed by atoms with Gasteiger partial charge in [0.15, 0.2) is 0 Å². The molecule has 1 amide bonds. The molecule has 0 aromatic carbocycles. The molecule has 0 radical (unpaired) electrons. The summed E-state index contributed by atoms with van der Waals surface area (Å²) in [6.07, 6.45) is 6.56. The summed E-state index contributed by atoms with van der Waals surface area (Å²) < 4.78 is 5.34. The monoisotopic (exact) mass is 239 g/mol. The molecule has 2 heterocycles. The summed E-state index contributed by atoms with van der Waals surface area (Å²) in [5.74, 6) is 1.79. The first-order valence-electron chi connectivity index (χ1n) is 7.11. The standard InChI is InChI=1S/C14H25NO2/c1-12-3-2-8-15(11-12)14(16)5-4-13-6-9-17-10-7-13/h12-13H,2-11H2,1H3. The molecule has 2 fully saturated rings. The van der Waals surface area contributed by atoms with Crippen LogP contribution in [0.3, 0.4) is 0 Å². The third kappa shape index (κ3) is 3.98. The van der Waals surface area contributed by atoms with E-state index in [2.05, 4.69) is 11.8 Å². The van der Waals surface area contributed by atoms with E-state index in [-0.39, 0.29) is 0 Å². The van der Waals surface area contributed by atoms with Crippen LogP contribution in [-0.2, 0) is 9.53 Å². The Labute approximate surface area is 105 Å². The normalized spacial score (nSPS) is 27.1. The van der Waals surface area contributed by atoms with Gasteiger partial charge in [-0.1, -0.05) is 6.92 Å². The van der Waals surface area contributed by atoms with Crippen molar-refractivity contribution in [3.63, 3.8) is 0 Å². The van der Waals surface area contributed by atoms with Crippen LogP contribution in [0.5, 0.6) is 0 Å². The van der Waals surface area contributed by atoms with Crippen molar-refractivity contribution in [3.8, 4) is 0 Å². The van der Waals surface area contributed by atoms with Crippen LogP contribution >= 0.6 is 0 Å². The average Bonchev–Trinajstić information content (AvgIpc) is 2.37. The fourth-order valence-electron chi connectivity index (χ4n) is 2.94. The Morgan fingerprint density at radius 3 is 2.76 bits per heavy atom.